The Kier molecular flexibility index (Phi) is 3.08. The van der Waals surface area contributed by atoms with Gasteiger partial charge < -0.3 is 0 Å². The summed E-state index contributed by atoms with van der Waals surface area (Å²) in [6.45, 7) is 2.06. The van der Waals surface area contributed by atoms with E-state index in [0.29, 0.717) is 6.04 Å². The molecule has 3 N–H and O–H groups in total. The van der Waals surface area contributed by atoms with Crippen molar-refractivity contribution in [1.29, 1.82) is 0 Å². The van der Waals surface area contributed by atoms with E-state index >= 15 is 0 Å². The second-order valence-corrected chi connectivity index (χ2v) is 2.76. The standard InChI is InChI=1S/C9H14N2/c1-8(11-10)7-9-5-3-2-4-6-9/h2-6,8,11H,7,10H2,1H3/t8-/m1/s1. The van der Waals surface area contributed by atoms with Gasteiger partial charge in [-0.1, -0.05) is 30.3 Å². The normalized spacial score (nSPS) is 12.9. The number of hydrazine groups is 1. The van der Waals surface area contributed by atoms with Crippen LogP contribution in [0.2, 0.25) is 0 Å². The summed E-state index contributed by atoms with van der Waals surface area (Å²) in [6, 6.07) is 10.7. The Hall–Kier alpha value is -0.860. The molecule has 1 aromatic rings. The van der Waals surface area contributed by atoms with Crippen LogP contribution in [0.4, 0.5) is 0 Å². The van der Waals surface area contributed by atoms with Crippen molar-refractivity contribution in [2.24, 2.45) is 5.84 Å². The number of nitrogens with one attached hydrogen (secondary N) is 1. The number of nitrogens with two attached hydrogens (primary N) is 1. The molecule has 0 fully saturated rings. The van der Waals surface area contributed by atoms with Gasteiger partial charge in [-0.05, 0) is 18.9 Å². The number of hydrogen-bond donors (Lipinski definition) is 2. The van der Waals surface area contributed by atoms with E-state index in [0.717, 1.165) is 6.42 Å². The zero-order valence-electron chi connectivity index (χ0n) is 6.75. The molecule has 0 aromatic heterocycles. The van der Waals surface area contributed by atoms with Crippen molar-refractivity contribution < 1.29 is 0 Å². The molecule has 0 saturated carbocycles. The van der Waals surface area contributed by atoms with Crippen molar-refractivity contribution in [2.75, 3.05) is 0 Å². The summed E-state index contributed by atoms with van der Waals surface area (Å²) >= 11 is 0. The Morgan fingerprint density at radius 3 is 2.55 bits per heavy atom. The number of rotatable bonds is 3. The highest BCUT2D eigenvalue weighted by atomic mass is 15.2. The van der Waals surface area contributed by atoms with Crippen LogP contribution in [0.15, 0.2) is 30.3 Å². The average Bonchev–Trinajstić information content (AvgIpc) is 2.06. The highest BCUT2D eigenvalue weighted by molar-refractivity contribution is 5.15. The zero-order chi connectivity index (χ0) is 8.10. The lowest BCUT2D eigenvalue weighted by atomic mass is 10.1. The smallest absolute Gasteiger partial charge is 0.0222 e. The molecule has 11 heavy (non-hydrogen) atoms. The molecular weight excluding hydrogens is 136 g/mol. The number of hydrogen-bond acceptors (Lipinski definition) is 2. The van der Waals surface area contributed by atoms with Crippen molar-refractivity contribution in [3.63, 3.8) is 0 Å². The maximum absolute atomic E-state index is 5.27. The zero-order valence-corrected chi connectivity index (χ0v) is 6.75. The molecule has 0 bridgehead atoms. The Morgan fingerprint density at radius 1 is 1.36 bits per heavy atom. The van der Waals surface area contributed by atoms with Crippen LogP contribution in [0.5, 0.6) is 0 Å². The summed E-state index contributed by atoms with van der Waals surface area (Å²) in [7, 11) is 0. The third-order valence-electron chi connectivity index (χ3n) is 1.67. The molecule has 0 heterocycles. The first-order valence-corrected chi connectivity index (χ1v) is 3.83. The molecule has 0 aliphatic heterocycles. The van der Waals surface area contributed by atoms with Gasteiger partial charge in [-0.15, -0.1) is 0 Å². The van der Waals surface area contributed by atoms with Crippen LogP contribution in [-0.2, 0) is 6.42 Å². The Morgan fingerprint density at radius 2 is 2.00 bits per heavy atom. The van der Waals surface area contributed by atoms with Crippen LogP contribution < -0.4 is 11.3 Å². The minimum Gasteiger partial charge on any atom is -0.271 e. The second kappa shape index (κ2) is 4.11. The van der Waals surface area contributed by atoms with Crippen LogP contribution >= 0.6 is 0 Å². The lowest BCUT2D eigenvalue weighted by Gasteiger charge is -2.08. The minimum absolute atomic E-state index is 0.345. The van der Waals surface area contributed by atoms with E-state index in [9.17, 15) is 0 Å². The monoisotopic (exact) mass is 150 g/mol. The van der Waals surface area contributed by atoms with Crippen molar-refractivity contribution in [3.05, 3.63) is 35.9 Å². The van der Waals surface area contributed by atoms with E-state index in [1.807, 2.05) is 18.2 Å². The third kappa shape index (κ3) is 2.70. The Bertz CT molecular complexity index is 196. The molecule has 0 amide bonds. The van der Waals surface area contributed by atoms with E-state index < -0.39 is 0 Å². The Balaban J connectivity index is 2.51. The van der Waals surface area contributed by atoms with Gasteiger partial charge in [-0.25, -0.2) is 0 Å². The quantitative estimate of drug-likeness (QED) is 0.500. The highest BCUT2D eigenvalue weighted by Gasteiger charge is 1.98. The first kappa shape index (κ1) is 8.24. The van der Waals surface area contributed by atoms with E-state index in [4.69, 9.17) is 5.84 Å². The topological polar surface area (TPSA) is 38.0 Å². The second-order valence-electron chi connectivity index (χ2n) is 2.76. The Labute approximate surface area is 67.4 Å². The first-order valence-electron chi connectivity index (χ1n) is 3.83. The van der Waals surface area contributed by atoms with Gasteiger partial charge in [0.1, 0.15) is 0 Å². The summed E-state index contributed by atoms with van der Waals surface area (Å²) in [6.07, 6.45) is 0.983. The molecule has 0 saturated heterocycles. The molecule has 1 rings (SSSR count). The molecule has 2 nitrogen and oxygen atoms in total. The molecule has 2 heteroatoms. The maximum atomic E-state index is 5.27. The lowest BCUT2D eigenvalue weighted by molar-refractivity contribution is 0.568. The summed E-state index contributed by atoms with van der Waals surface area (Å²) in [5, 5.41) is 0. The molecule has 0 spiro atoms. The number of benzene rings is 1. The fourth-order valence-electron chi connectivity index (χ4n) is 1.03. The van der Waals surface area contributed by atoms with E-state index in [-0.39, 0.29) is 0 Å². The molecule has 0 unspecified atom stereocenters. The highest BCUT2D eigenvalue weighted by Crippen LogP contribution is 2.01. The van der Waals surface area contributed by atoms with Crippen LogP contribution in [-0.4, -0.2) is 6.04 Å². The molecule has 1 aromatic carbocycles. The van der Waals surface area contributed by atoms with Crippen LogP contribution in [0.25, 0.3) is 0 Å². The maximum Gasteiger partial charge on any atom is 0.0222 e. The molecule has 60 valence electrons. The van der Waals surface area contributed by atoms with Crippen LogP contribution in [0, 0.1) is 0 Å². The van der Waals surface area contributed by atoms with Gasteiger partial charge in [0.2, 0.25) is 0 Å². The molecule has 0 radical (unpaired) electrons. The van der Waals surface area contributed by atoms with Gasteiger partial charge in [-0.2, -0.15) is 0 Å². The van der Waals surface area contributed by atoms with Crippen molar-refractivity contribution in [3.8, 4) is 0 Å². The largest absolute Gasteiger partial charge is 0.271 e. The summed E-state index contributed by atoms with van der Waals surface area (Å²) in [5.41, 5.74) is 4.03. The fraction of sp³-hybridized carbons (Fsp3) is 0.333. The van der Waals surface area contributed by atoms with Gasteiger partial charge in [-0.3, -0.25) is 11.3 Å². The predicted molar refractivity (Wildman–Crippen MR) is 46.9 cm³/mol. The van der Waals surface area contributed by atoms with Gasteiger partial charge in [0.15, 0.2) is 0 Å². The lowest BCUT2D eigenvalue weighted by Crippen LogP contribution is -2.33. The van der Waals surface area contributed by atoms with Crippen molar-refractivity contribution in [1.82, 2.24) is 5.43 Å². The van der Waals surface area contributed by atoms with E-state index in [1.54, 1.807) is 0 Å². The molecule has 0 aliphatic rings. The van der Waals surface area contributed by atoms with Crippen LogP contribution in [0.3, 0.4) is 0 Å². The van der Waals surface area contributed by atoms with Crippen molar-refractivity contribution in [2.45, 2.75) is 19.4 Å². The van der Waals surface area contributed by atoms with E-state index in [1.165, 1.54) is 5.56 Å². The average molecular weight is 150 g/mol. The predicted octanol–water partition coefficient (Wildman–Crippen LogP) is 1.08. The van der Waals surface area contributed by atoms with Gasteiger partial charge in [0, 0.05) is 6.04 Å². The molecule has 1 atom stereocenters. The van der Waals surface area contributed by atoms with Gasteiger partial charge in [0.25, 0.3) is 0 Å². The fourth-order valence-corrected chi connectivity index (χ4v) is 1.03. The molecule has 0 aliphatic carbocycles. The molecular formula is C9H14N2. The summed E-state index contributed by atoms with van der Waals surface area (Å²) in [4.78, 5) is 0. The van der Waals surface area contributed by atoms with Crippen LogP contribution in [0.1, 0.15) is 12.5 Å². The summed E-state index contributed by atoms with van der Waals surface area (Å²) < 4.78 is 0. The van der Waals surface area contributed by atoms with Gasteiger partial charge >= 0.3 is 0 Å². The van der Waals surface area contributed by atoms with Crippen molar-refractivity contribution >= 4 is 0 Å². The third-order valence-corrected chi connectivity index (χ3v) is 1.67. The SMILES string of the molecule is C[C@H](Cc1ccccc1)NN. The van der Waals surface area contributed by atoms with Gasteiger partial charge in [0.05, 0.1) is 0 Å². The minimum atomic E-state index is 0.345. The van der Waals surface area contributed by atoms with E-state index in [2.05, 4.69) is 24.5 Å². The summed E-state index contributed by atoms with van der Waals surface area (Å²) in [5.74, 6) is 5.27. The first-order chi connectivity index (χ1) is 5.33.